The maximum Gasteiger partial charge on any atom is 0.247 e. The van der Waals surface area contributed by atoms with Crippen molar-refractivity contribution in [3.05, 3.63) is 52.2 Å². The van der Waals surface area contributed by atoms with E-state index in [1.54, 1.807) is 4.90 Å². The van der Waals surface area contributed by atoms with Gasteiger partial charge in [0, 0.05) is 49.2 Å². The summed E-state index contributed by atoms with van der Waals surface area (Å²) in [6.07, 6.45) is 1.65. The van der Waals surface area contributed by atoms with E-state index in [0.29, 0.717) is 0 Å². The zero-order valence-corrected chi connectivity index (χ0v) is 16.1. The molecule has 1 aliphatic rings. The first-order chi connectivity index (χ1) is 12.0. The Balaban J connectivity index is 1.71. The van der Waals surface area contributed by atoms with E-state index >= 15 is 0 Å². The third-order valence-corrected chi connectivity index (χ3v) is 5.84. The van der Waals surface area contributed by atoms with Crippen LogP contribution in [-0.2, 0) is 11.3 Å². The number of likely N-dealkylation sites (tertiary alicyclic amines) is 1. The summed E-state index contributed by atoms with van der Waals surface area (Å²) < 4.78 is 0. The molecule has 25 heavy (non-hydrogen) atoms. The molecule has 0 atom stereocenters. The summed E-state index contributed by atoms with van der Waals surface area (Å²) in [6, 6.07) is 14.5. The number of anilines is 1. The second-order valence-electron chi connectivity index (χ2n) is 7.06. The van der Waals surface area contributed by atoms with Crippen LogP contribution in [0.15, 0.2) is 42.5 Å². The van der Waals surface area contributed by atoms with Gasteiger partial charge in [-0.05, 0) is 44.0 Å². The van der Waals surface area contributed by atoms with Crippen molar-refractivity contribution in [2.45, 2.75) is 31.8 Å². The lowest BCUT2D eigenvalue weighted by atomic mass is 9.85. The average Bonchev–Trinajstić information content (AvgIpc) is 3.02. The van der Waals surface area contributed by atoms with Gasteiger partial charge in [-0.1, -0.05) is 18.2 Å². The van der Waals surface area contributed by atoms with E-state index in [9.17, 15) is 4.79 Å². The van der Waals surface area contributed by atoms with Gasteiger partial charge in [0.25, 0.3) is 0 Å². The normalized spacial score (nSPS) is 17.2. The van der Waals surface area contributed by atoms with Gasteiger partial charge in [-0.15, -0.1) is 11.3 Å². The van der Waals surface area contributed by atoms with Crippen molar-refractivity contribution in [3.63, 3.8) is 0 Å². The molecule has 2 aromatic rings. The van der Waals surface area contributed by atoms with Crippen molar-refractivity contribution in [2.24, 2.45) is 0 Å². The Morgan fingerprint density at radius 2 is 1.84 bits per heavy atom. The molecule has 0 saturated carbocycles. The second kappa shape index (κ2) is 7.58. The maximum atomic E-state index is 12.9. The van der Waals surface area contributed by atoms with Crippen molar-refractivity contribution < 1.29 is 4.79 Å². The summed E-state index contributed by atoms with van der Waals surface area (Å²) >= 11 is 1.86. The first kappa shape index (κ1) is 18.0. The zero-order chi connectivity index (χ0) is 17.9. The summed E-state index contributed by atoms with van der Waals surface area (Å²) in [4.78, 5) is 19.9. The van der Waals surface area contributed by atoms with Gasteiger partial charge >= 0.3 is 0 Å². The summed E-state index contributed by atoms with van der Waals surface area (Å²) in [5, 5.41) is 3.55. The molecule has 1 amide bonds. The topological polar surface area (TPSA) is 35.6 Å². The molecule has 4 nitrogen and oxygen atoms in total. The van der Waals surface area contributed by atoms with E-state index < -0.39 is 5.54 Å². The van der Waals surface area contributed by atoms with Crippen LogP contribution in [0.2, 0.25) is 0 Å². The molecule has 2 heterocycles. The van der Waals surface area contributed by atoms with Gasteiger partial charge in [0.05, 0.1) is 0 Å². The number of nitrogens with one attached hydrogen (secondary N) is 1. The van der Waals surface area contributed by atoms with Gasteiger partial charge in [0.2, 0.25) is 5.91 Å². The van der Waals surface area contributed by atoms with Gasteiger partial charge in [0.1, 0.15) is 5.54 Å². The number of thiophene rings is 1. The van der Waals surface area contributed by atoms with Crippen LogP contribution in [0.5, 0.6) is 0 Å². The summed E-state index contributed by atoms with van der Waals surface area (Å²) in [6.45, 7) is 4.98. The Bertz CT molecular complexity index is 703. The molecule has 1 aromatic heterocycles. The molecular formula is C20H27N3OS. The molecule has 3 rings (SSSR count). The number of carbonyl (C=O) groups is 1. The van der Waals surface area contributed by atoms with Gasteiger partial charge in [-0.2, -0.15) is 0 Å². The molecule has 0 bridgehead atoms. The van der Waals surface area contributed by atoms with E-state index in [2.05, 4.69) is 29.3 Å². The summed E-state index contributed by atoms with van der Waals surface area (Å²) in [7, 11) is 3.69. The molecule has 5 heteroatoms. The number of para-hydroxylation sites is 1. The highest BCUT2D eigenvalue weighted by Crippen LogP contribution is 2.30. The second-order valence-corrected chi connectivity index (χ2v) is 8.43. The SMILES string of the molecule is Cc1ccc(CN2CCC(Nc3ccccc3)(C(=O)N(C)C)CC2)s1. The van der Waals surface area contributed by atoms with Crippen molar-refractivity contribution in [1.29, 1.82) is 0 Å². The molecule has 134 valence electrons. The van der Waals surface area contributed by atoms with Crippen molar-refractivity contribution in [1.82, 2.24) is 9.80 Å². The van der Waals surface area contributed by atoms with Gasteiger partial charge in [-0.25, -0.2) is 0 Å². The Hall–Kier alpha value is -1.85. The fourth-order valence-electron chi connectivity index (χ4n) is 3.50. The van der Waals surface area contributed by atoms with E-state index in [0.717, 1.165) is 38.2 Å². The Labute approximate surface area is 154 Å². The monoisotopic (exact) mass is 357 g/mol. The third-order valence-electron chi connectivity index (χ3n) is 4.86. The highest BCUT2D eigenvalue weighted by atomic mass is 32.1. The van der Waals surface area contributed by atoms with E-state index in [1.165, 1.54) is 9.75 Å². The number of benzene rings is 1. The largest absolute Gasteiger partial charge is 0.371 e. The highest BCUT2D eigenvalue weighted by Gasteiger charge is 2.42. The van der Waals surface area contributed by atoms with E-state index in [1.807, 2.05) is 55.8 Å². The Morgan fingerprint density at radius 3 is 2.40 bits per heavy atom. The number of rotatable bonds is 5. The minimum absolute atomic E-state index is 0.169. The van der Waals surface area contributed by atoms with Crippen LogP contribution in [0.25, 0.3) is 0 Å². The molecular weight excluding hydrogens is 330 g/mol. The van der Waals surface area contributed by atoms with Crippen LogP contribution < -0.4 is 5.32 Å². The summed E-state index contributed by atoms with van der Waals surface area (Å²) in [5.41, 5.74) is 0.507. The lowest BCUT2D eigenvalue weighted by molar-refractivity contribution is -0.135. The van der Waals surface area contributed by atoms with Crippen LogP contribution in [-0.4, -0.2) is 48.4 Å². The molecule has 1 fully saturated rings. The van der Waals surface area contributed by atoms with Crippen LogP contribution in [0.4, 0.5) is 5.69 Å². The average molecular weight is 358 g/mol. The molecule has 1 aromatic carbocycles. The van der Waals surface area contributed by atoms with Crippen LogP contribution in [0.3, 0.4) is 0 Å². The van der Waals surface area contributed by atoms with Crippen molar-refractivity contribution >= 4 is 22.9 Å². The molecule has 0 radical (unpaired) electrons. The number of piperidine rings is 1. The predicted octanol–water partition coefficient (Wildman–Crippen LogP) is 3.59. The van der Waals surface area contributed by atoms with Crippen molar-refractivity contribution in [3.8, 4) is 0 Å². The predicted molar refractivity (Wildman–Crippen MR) is 105 cm³/mol. The number of amides is 1. The van der Waals surface area contributed by atoms with Gasteiger partial charge in [0.15, 0.2) is 0 Å². The van der Waals surface area contributed by atoms with Crippen LogP contribution in [0.1, 0.15) is 22.6 Å². The molecule has 0 spiro atoms. The standard InChI is InChI=1S/C20H27N3OS/c1-16-9-10-18(25-16)15-23-13-11-20(12-14-23,19(24)22(2)3)21-17-7-5-4-6-8-17/h4-10,21H,11-15H2,1-3H3. The fourth-order valence-corrected chi connectivity index (χ4v) is 4.43. The maximum absolute atomic E-state index is 12.9. The lowest BCUT2D eigenvalue weighted by Gasteiger charge is -2.43. The fraction of sp³-hybridized carbons (Fsp3) is 0.450. The molecule has 0 unspecified atom stereocenters. The number of likely N-dealkylation sites (N-methyl/N-ethyl adjacent to an activating group) is 1. The minimum atomic E-state index is -0.507. The first-order valence-electron chi connectivity index (χ1n) is 8.81. The molecule has 0 aliphatic carbocycles. The molecule has 1 saturated heterocycles. The number of hydrogen-bond acceptors (Lipinski definition) is 4. The van der Waals surface area contributed by atoms with Gasteiger partial charge < -0.3 is 10.2 Å². The van der Waals surface area contributed by atoms with Crippen LogP contribution >= 0.6 is 11.3 Å². The number of aryl methyl sites for hydroxylation is 1. The quantitative estimate of drug-likeness (QED) is 0.888. The summed E-state index contributed by atoms with van der Waals surface area (Å²) in [5.74, 6) is 0.169. The first-order valence-corrected chi connectivity index (χ1v) is 9.63. The van der Waals surface area contributed by atoms with E-state index in [4.69, 9.17) is 0 Å². The number of nitrogens with zero attached hydrogens (tertiary/aromatic N) is 2. The zero-order valence-electron chi connectivity index (χ0n) is 15.3. The number of hydrogen-bond donors (Lipinski definition) is 1. The molecule has 1 aliphatic heterocycles. The lowest BCUT2D eigenvalue weighted by Crippen LogP contribution is -2.57. The minimum Gasteiger partial charge on any atom is -0.371 e. The third kappa shape index (κ3) is 4.22. The smallest absolute Gasteiger partial charge is 0.247 e. The van der Waals surface area contributed by atoms with Crippen molar-refractivity contribution in [2.75, 3.05) is 32.5 Å². The number of carbonyl (C=O) groups excluding carboxylic acids is 1. The highest BCUT2D eigenvalue weighted by molar-refractivity contribution is 7.11. The van der Waals surface area contributed by atoms with Crippen LogP contribution in [0, 0.1) is 6.92 Å². The Kier molecular flexibility index (Phi) is 5.45. The molecule has 1 N–H and O–H groups in total. The Morgan fingerprint density at radius 1 is 1.16 bits per heavy atom. The van der Waals surface area contributed by atoms with Gasteiger partial charge in [-0.3, -0.25) is 9.69 Å². The van der Waals surface area contributed by atoms with E-state index in [-0.39, 0.29) is 5.91 Å².